The molecule has 0 amide bonds. The van der Waals surface area contributed by atoms with E-state index in [9.17, 15) is 0 Å². The molecule has 0 spiro atoms. The molecule has 96 valence electrons. The van der Waals surface area contributed by atoms with E-state index in [0.717, 1.165) is 25.2 Å². The number of hydrogen-bond acceptors (Lipinski definition) is 2. The van der Waals surface area contributed by atoms with E-state index in [0.29, 0.717) is 0 Å². The van der Waals surface area contributed by atoms with Crippen LogP contribution in [0.5, 0.6) is 0 Å². The minimum Gasteiger partial charge on any atom is -0.391 e. The molecule has 0 radical (unpaired) electrons. The second-order valence-corrected chi connectivity index (χ2v) is 8.04. The lowest BCUT2D eigenvalue weighted by Gasteiger charge is -2.28. The quantitative estimate of drug-likeness (QED) is 0.508. The van der Waals surface area contributed by atoms with Crippen molar-refractivity contribution in [3.63, 3.8) is 0 Å². The van der Waals surface area contributed by atoms with Gasteiger partial charge in [-0.25, -0.2) is 0 Å². The summed E-state index contributed by atoms with van der Waals surface area (Å²) in [4.78, 5) is 0. The molecule has 0 aromatic rings. The third kappa shape index (κ3) is 2.72. The average molecular weight is 252 g/mol. The van der Waals surface area contributed by atoms with E-state index >= 15 is 0 Å². The zero-order valence-corrected chi connectivity index (χ0v) is 12.1. The molecule has 1 saturated carbocycles. The first kappa shape index (κ1) is 13.1. The van der Waals surface area contributed by atoms with Gasteiger partial charge in [-0.05, 0) is 51.1 Å². The van der Waals surface area contributed by atoms with Crippen molar-refractivity contribution in [1.29, 1.82) is 0 Å². The Labute approximate surface area is 106 Å². The number of rotatable bonds is 7. The van der Waals surface area contributed by atoms with E-state index in [1.54, 1.807) is 11.1 Å². The van der Waals surface area contributed by atoms with Crippen LogP contribution in [0.1, 0.15) is 39.5 Å². The molecule has 2 bridgehead atoms. The first-order valence-electron chi connectivity index (χ1n) is 6.84. The summed E-state index contributed by atoms with van der Waals surface area (Å²) >= 11 is 0. The van der Waals surface area contributed by atoms with Crippen molar-refractivity contribution in [2.75, 3.05) is 13.2 Å². The van der Waals surface area contributed by atoms with E-state index < -0.39 is 8.56 Å². The summed E-state index contributed by atoms with van der Waals surface area (Å²) in [5.41, 5.74) is 5.31. The van der Waals surface area contributed by atoms with E-state index in [4.69, 9.17) is 8.85 Å². The van der Waals surface area contributed by atoms with Crippen molar-refractivity contribution >= 4 is 8.56 Å². The Bertz CT molecular complexity index is 316. The summed E-state index contributed by atoms with van der Waals surface area (Å²) in [6.45, 7) is 9.51. The Morgan fingerprint density at radius 1 is 1.29 bits per heavy atom. The highest BCUT2D eigenvalue weighted by molar-refractivity contribution is 6.73. The van der Waals surface area contributed by atoms with Crippen LogP contribution in [-0.2, 0) is 8.85 Å². The molecule has 0 aliphatic heterocycles. The second-order valence-electron chi connectivity index (χ2n) is 5.08. The van der Waals surface area contributed by atoms with Gasteiger partial charge in [-0.3, -0.25) is 0 Å². The van der Waals surface area contributed by atoms with Crippen LogP contribution in [0.2, 0.25) is 6.04 Å². The fourth-order valence-electron chi connectivity index (χ4n) is 3.24. The Kier molecular flexibility index (Phi) is 4.23. The third-order valence-electron chi connectivity index (χ3n) is 3.97. The van der Waals surface area contributed by atoms with E-state index in [1.807, 2.05) is 19.5 Å². The molecule has 1 unspecified atom stereocenters. The van der Waals surface area contributed by atoms with Crippen molar-refractivity contribution in [3.8, 4) is 0 Å². The zero-order chi connectivity index (χ0) is 12.3. The summed E-state index contributed by atoms with van der Waals surface area (Å²) in [6.07, 6.45) is 5.36. The van der Waals surface area contributed by atoms with Gasteiger partial charge in [0.05, 0.1) is 0 Å². The molecule has 2 aliphatic carbocycles. The van der Waals surface area contributed by atoms with E-state index in [2.05, 4.69) is 6.58 Å². The third-order valence-corrected chi connectivity index (χ3v) is 7.07. The van der Waals surface area contributed by atoms with Crippen LogP contribution in [0.4, 0.5) is 0 Å². The molecule has 1 fully saturated rings. The summed E-state index contributed by atoms with van der Waals surface area (Å²) < 4.78 is 11.9. The maximum atomic E-state index is 5.95. The maximum absolute atomic E-state index is 5.95. The Hall–Kier alpha value is -0.383. The first-order valence-corrected chi connectivity index (χ1v) is 8.94. The van der Waals surface area contributed by atoms with Crippen LogP contribution < -0.4 is 0 Å². The molecule has 1 atom stereocenters. The van der Waals surface area contributed by atoms with Crippen LogP contribution in [-0.4, -0.2) is 21.8 Å². The van der Waals surface area contributed by atoms with Gasteiger partial charge in [0.25, 0.3) is 0 Å². The van der Waals surface area contributed by atoms with Crippen LogP contribution in [0.3, 0.4) is 0 Å². The number of allylic oxidation sites excluding steroid dienone is 2. The molecule has 17 heavy (non-hydrogen) atoms. The molecule has 3 heteroatoms. The van der Waals surface area contributed by atoms with Gasteiger partial charge in [0, 0.05) is 19.3 Å². The first-order chi connectivity index (χ1) is 8.23. The average Bonchev–Trinajstić information content (AvgIpc) is 2.91. The van der Waals surface area contributed by atoms with Crippen LogP contribution >= 0.6 is 0 Å². The van der Waals surface area contributed by atoms with Gasteiger partial charge in [-0.1, -0.05) is 11.1 Å². The molecular formula is C14H24O2Si. The summed E-state index contributed by atoms with van der Waals surface area (Å²) in [5, 5.41) is 0. The topological polar surface area (TPSA) is 18.5 Å². The lowest BCUT2D eigenvalue weighted by atomic mass is 10.0. The fraction of sp³-hybridized carbons (Fsp3) is 0.714. The maximum Gasteiger partial charge on any atom is 0.368 e. The van der Waals surface area contributed by atoms with Crippen molar-refractivity contribution in [3.05, 3.63) is 23.4 Å². The fourth-order valence-corrected chi connectivity index (χ4v) is 5.87. The second kappa shape index (κ2) is 5.51. The van der Waals surface area contributed by atoms with Gasteiger partial charge in [0.1, 0.15) is 0 Å². The van der Waals surface area contributed by atoms with Crippen LogP contribution in [0, 0.1) is 5.92 Å². The minimum atomic E-state index is -2.17. The van der Waals surface area contributed by atoms with Gasteiger partial charge in [0.15, 0.2) is 0 Å². The normalized spacial score (nSPS) is 23.5. The molecule has 0 N–H and O–H groups in total. The number of hydrogen-bond donors (Lipinski definition) is 0. The van der Waals surface area contributed by atoms with Crippen molar-refractivity contribution in [2.24, 2.45) is 5.92 Å². The molecule has 0 saturated heterocycles. The van der Waals surface area contributed by atoms with Gasteiger partial charge < -0.3 is 8.85 Å². The summed E-state index contributed by atoms with van der Waals surface area (Å²) in [5.74, 6) is 0.930. The lowest BCUT2D eigenvalue weighted by Crippen LogP contribution is -2.41. The molecule has 0 aromatic carbocycles. The van der Waals surface area contributed by atoms with Crippen molar-refractivity contribution < 1.29 is 8.85 Å². The lowest BCUT2D eigenvalue weighted by molar-refractivity contribution is 0.196. The highest BCUT2D eigenvalue weighted by Crippen LogP contribution is 2.46. The van der Waals surface area contributed by atoms with Crippen molar-refractivity contribution in [2.45, 2.75) is 45.6 Å². The molecule has 0 aromatic heterocycles. The van der Waals surface area contributed by atoms with E-state index in [1.165, 1.54) is 25.7 Å². The Morgan fingerprint density at radius 3 is 2.41 bits per heavy atom. The molecule has 2 nitrogen and oxygen atoms in total. The molecule has 0 heterocycles. The molecule has 2 aliphatic rings. The zero-order valence-electron chi connectivity index (χ0n) is 11.1. The largest absolute Gasteiger partial charge is 0.391 e. The summed E-state index contributed by atoms with van der Waals surface area (Å²) in [6, 6.07) is 1.02. The smallest absolute Gasteiger partial charge is 0.368 e. The van der Waals surface area contributed by atoms with Crippen LogP contribution in [0.25, 0.3) is 0 Å². The monoisotopic (exact) mass is 252 g/mol. The van der Waals surface area contributed by atoms with Crippen LogP contribution in [0.15, 0.2) is 23.4 Å². The number of fused-ring (bicyclic) bond motifs is 2. The predicted octanol–water partition coefficient (Wildman–Crippen LogP) is 3.73. The molecular weight excluding hydrogens is 228 g/mol. The highest BCUT2D eigenvalue weighted by Gasteiger charge is 2.39. The standard InChI is InChI=1S/C14H24O2Si/c1-4-15-17(6-3,16-5-2)11-14-10-12-7-8-13(14)9-12/h6,12H,3-5,7-11H2,1-2H3. The predicted molar refractivity (Wildman–Crippen MR) is 73.0 cm³/mol. The SMILES string of the molecule is C=C[Si](CC1=C2CCC(C2)C1)(OCC)OCC. The molecule has 2 rings (SSSR count). The highest BCUT2D eigenvalue weighted by atomic mass is 28.4. The van der Waals surface area contributed by atoms with Gasteiger partial charge in [-0.2, -0.15) is 0 Å². The minimum absolute atomic E-state index is 0.726. The van der Waals surface area contributed by atoms with Gasteiger partial charge in [-0.15, -0.1) is 6.58 Å². The Balaban J connectivity index is 2.09. The van der Waals surface area contributed by atoms with Gasteiger partial charge in [0.2, 0.25) is 0 Å². The summed E-state index contributed by atoms with van der Waals surface area (Å²) in [7, 11) is -2.17. The van der Waals surface area contributed by atoms with E-state index in [-0.39, 0.29) is 0 Å². The van der Waals surface area contributed by atoms with Crippen molar-refractivity contribution in [1.82, 2.24) is 0 Å². The Morgan fingerprint density at radius 2 is 2.00 bits per heavy atom. The van der Waals surface area contributed by atoms with Gasteiger partial charge >= 0.3 is 8.56 Å².